The van der Waals surface area contributed by atoms with Crippen LogP contribution in [0, 0.1) is 11.6 Å². The number of anilines is 1. The van der Waals surface area contributed by atoms with E-state index < -0.39 is 17.2 Å². The zero-order valence-corrected chi connectivity index (χ0v) is 9.38. The summed E-state index contributed by atoms with van der Waals surface area (Å²) in [4.78, 5) is 0. The largest absolute Gasteiger partial charge is 0.388 e. The molecular weight excluding hydrogens is 228 g/mol. The molecule has 0 saturated carbocycles. The van der Waals surface area contributed by atoms with Crippen molar-refractivity contribution in [3.63, 3.8) is 0 Å². The van der Waals surface area contributed by atoms with Crippen LogP contribution >= 0.6 is 0 Å². The Bertz CT molecular complexity index is 392. The van der Waals surface area contributed by atoms with Crippen molar-refractivity contribution in [2.75, 3.05) is 25.1 Å². The number of hydrogen-bond acceptors (Lipinski definition) is 3. The standard InChI is InChI=1S/C12H15F2NO2/c13-10-2-1-9(7-11(10)14)15-8-12(16)3-5-17-6-4-12/h1-2,7,15-16H,3-6,8H2. The van der Waals surface area contributed by atoms with Crippen molar-refractivity contribution < 1.29 is 18.6 Å². The van der Waals surface area contributed by atoms with Crippen molar-refractivity contribution in [3.05, 3.63) is 29.8 Å². The van der Waals surface area contributed by atoms with Gasteiger partial charge in [0.25, 0.3) is 0 Å². The number of nitrogens with one attached hydrogen (secondary N) is 1. The van der Waals surface area contributed by atoms with E-state index in [9.17, 15) is 13.9 Å². The molecule has 0 aromatic heterocycles. The van der Waals surface area contributed by atoms with Gasteiger partial charge in [-0.25, -0.2) is 8.78 Å². The fourth-order valence-corrected chi connectivity index (χ4v) is 1.80. The van der Waals surface area contributed by atoms with Crippen molar-refractivity contribution in [1.29, 1.82) is 0 Å². The smallest absolute Gasteiger partial charge is 0.160 e. The molecule has 0 bridgehead atoms. The number of benzene rings is 1. The molecule has 2 rings (SSSR count). The molecule has 0 amide bonds. The molecule has 17 heavy (non-hydrogen) atoms. The van der Waals surface area contributed by atoms with Gasteiger partial charge in [0.05, 0.1) is 5.60 Å². The van der Waals surface area contributed by atoms with Crippen LogP contribution in [-0.2, 0) is 4.74 Å². The quantitative estimate of drug-likeness (QED) is 0.852. The van der Waals surface area contributed by atoms with Gasteiger partial charge in [-0.1, -0.05) is 0 Å². The van der Waals surface area contributed by atoms with Gasteiger partial charge in [-0.2, -0.15) is 0 Å². The molecule has 5 heteroatoms. The predicted octanol–water partition coefficient (Wildman–Crippen LogP) is 1.92. The van der Waals surface area contributed by atoms with Gasteiger partial charge in [-0.05, 0) is 12.1 Å². The van der Waals surface area contributed by atoms with E-state index in [2.05, 4.69) is 5.32 Å². The Hall–Kier alpha value is -1.20. The molecule has 1 aromatic carbocycles. The van der Waals surface area contributed by atoms with Crippen LogP contribution in [0.1, 0.15) is 12.8 Å². The summed E-state index contributed by atoms with van der Waals surface area (Å²) >= 11 is 0. The van der Waals surface area contributed by atoms with Gasteiger partial charge < -0.3 is 15.2 Å². The third kappa shape index (κ3) is 3.14. The van der Waals surface area contributed by atoms with Gasteiger partial charge >= 0.3 is 0 Å². The van der Waals surface area contributed by atoms with Gasteiger partial charge in [0.15, 0.2) is 11.6 Å². The average Bonchev–Trinajstić information content (AvgIpc) is 2.32. The van der Waals surface area contributed by atoms with E-state index in [0.717, 1.165) is 12.1 Å². The van der Waals surface area contributed by atoms with Crippen molar-refractivity contribution in [2.45, 2.75) is 18.4 Å². The first kappa shape index (κ1) is 12.3. The molecule has 1 heterocycles. The van der Waals surface area contributed by atoms with E-state index in [1.165, 1.54) is 6.07 Å². The van der Waals surface area contributed by atoms with Crippen LogP contribution in [-0.4, -0.2) is 30.5 Å². The molecule has 0 aliphatic carbocycles. The second-order valence-corrected chi connectivity index (χ2v) is 4.32. The topological polar surface area (TPSA) is 41.5 Å². The van der Waals surface area contributed by atoms with E-state index in [1.807, 2.05) is 0 Å². The zero-order valence-electron chi connectivity index (χ0n) is 9.38. The lowest BCUT2D eigenvalue weighted by Gasteiger charge is -2.32. The molecule has 3 nitrogen and oxygen atoms in total. The zero-order chi connectivity index (χ0) is 12.3. The predicted molar refractivity (Wildman–Crippen MR) is 59.9 cm³/mol. The van der Waals surface area contributed by atoms with Gasteiger partial charge in [-0.3, -0.25) is 0 Å². The SMILES string of the molecule is OC1(CNc2ccc(F)c(F)c2)CCOCC1. The van der Waals surface area contributed by atoms with Crippen LogP contribution in [0.3, 0.4) is 0 Å². The van der Waals surface area contributed by atoms with Crippen molar-refractivity contribution >= 4 is 5.69 Å². The minimum absolute atomic E-state index is 0.307. The second kappa shape index (κ2) is 4.98. The number of hydrogen-bond donors (Lipinski definition) is 2. The lowest BCUT2D eigenvalue weighted by Crippen LogP contribution is -2.42. The summed E-state index contributed by atoms with van der Waals surface area (Å²) in [6, 6.07) is 3.59. The highest BCUT2D eigenvalue weighted by atomic mass is 19.2. The summed E-state index contributed by atoms with van der Waals surface area (Å²) < 4.78 is 30.8. The number of halogens is 2. The van der Waals surface area contributed by atoms with Gasteiger partial charge in [0, 0.05) is 44.4 Å². The minimum atomic E-state index is -0.894. The monoisotopic (exact) mass is 243 g/mol. The first-order valence-electron chi connectivity index (χ1n) is 5.58. The molecule has 0 spiro atoms. The van der Waals surface area contributed by atoms with Gasteiger partial charge in [-0.15, -0.1) is 0 Å². The number of rotatable bonds is 3. The maximum absolute atomic E-state index is 12.9. The fourth-order valence-electron chi connectivity index (χ4n) is 1.80. The van der Waals surface area contributed by atoms with Crippen LogP contribution < -0.4 is 5.32 Å². The highest BCUT2D eigenvalue weighted by molar-refractivity contribution is 5.43. The van der Waals surface area contributed by atoms with Crippen molar-refractivity contribution in [3.8, 4) is 0 Å². The van der Waals surface area contributed by atoms with Gasteiger partial charge in [0.2, 0.25) is 0 Å². The molecule has 1 fully saturated rings. The minimum Gasteiger partial charge on any atom is -0.388 e. The molecule has 0 atom stereocenters. The molecule has 0 unspecified atom stereocenters. The highest BCUT2D eigenvalue weighted by Crippen LogP contribution is 2.21. The van der Waals surface area contributed by atoms with Crippen molar-refractivity contribution in [2.24, 2.45) is 0 Å². The lowest BCUT2D eigenvalue weighted by atomic mass is 9.94. The first-order chi connectivity index (χ1) is 8.09. The third-order valence-corrected chi connectivity index (χ3v) is 2.96. The fraction of sp³-hybridized carbons (Fsp3) is 0.500. The Morgan fingerprint density at radius 2 is 1.94 bits per heavy atom. The van der Waals surface area contributed by atoms with Crippen LogP contribution in [0.15, 0.2) is 18.2 Å². The summed E-state index contributed by atoms with van der Waals surface area (Å²) in [6.45, 7) is 1.35. The van der Waals surface area contributed by atoms with E-state index in [0.29, 0.717) is 38.3 Å². The molecular formula is C12H15F2NO2. The summed E-state index contributed by atoms with van der Waals surface area (Å²) in [7, 11) is 0. The summed E-state index contributed by atoms with van der Waals surface area (Å²) in [5.74, 6) is -1.77. The third-order valence-electron chi connectivity index (χ3n) is 2.96. The molecule has 1 aliphatic heterocycles. The van der Waals surface area contributed by atoms with E-state index >= 15 is 0 Å². The molecule has 1 aliphatic rings. The molecule has 1 aromatic rings. The highest BCUT2D eigenvalue weighted by Gasteiger charge is 2.29. The average molecular weight is 243 g/mol. The van der Waals surface area contributed by atoms with Crippen LogP contribution in [0.4, 0.5) is 14.5 Å². The first-order valence-corrected chi connectivity index (χ1v) is 5.58. The second-order valence-electron chi connectivity index (χ2n) is 4.32. The van der Waals surface area contributed by atoms with Crippen molar-refractivity contribution in [1.82, 2.24) is 0 Å². The van der Waals surface area contributed by atoms with Gasteiger partial charge in [0.1, 0.15) is 0 Å². The lowest BCUT2D eigenvalue weighted by molar-refractivity contribution is -0.0543. The Morgan fingerprint density at radius 3 is 2.59 bits per heavy atom. The summed E-state index contributed by atoms with van der Waals surface area (Å²) in [5, 5.41) is 13.1. The number of ether oxygens (including phenoxy) is 1. The van der Waals surface area contributed by atoms with E-state index in [4.69, 9.17) is 4.74 Å². The molecule has 0 radical (unpaired) electrons. The van der Waals surface area contributed by atoms with Crippen LogP contribution in [0.5, 0.6) is 0 Å². The molecule has 2 N–H and O–H groups in total. The summed E-state index contributed by atoms with van der Waals surface area (Å²) in [6.07, 6.45) is 1.09. The Labute approximate surface area is 98.4 Å². The normalized spacial score (nSPS) is 19.0. The summed E-state index contributed by atoms with van der Waals surface area (Å²) in [5.41, 5.74) is -0.368. The maximum Gasteiger partial charge on any atom is 0.160 e. The Balaban J connectivity index is 1.94. The Kier molecular flexibility index (Phi) is 3.59. The molecule has 94 valence electrons. The molecule has 1 saturated heterocycles. The van der Waals surface area contributed by atoms with Crippen LogP contribution in [0.2, 0.25) is 0 Å². The van der Waals surface area contributed by atoms with Crippen LogP contribution in [0.25, 0.3) is 0 Å². The maximum atomic E-state index is 12.9. The Morgan fingerprint density at radius 1 is 1.24 bits per heavy atom. The van der Waals surface area contributed by atoms with E-state index in [1.54, 1.807) is 0 Å². The number of aliphatic hydroxyl groups is 1. The van der Waals surface area contributed by atoms with E-state index in [-0.39, 0.29) is 0 Å².